The fourth-order valence-electron chi connectivity index (χ4n) is 1.77. The summed E-state index contributed by atoms with van der Waals surface area (Å²) in [5.41, 5.74) is 0.676. The topological polar surface area (TPSA) is 76.4 Å². The van der Waals surface area contributed by atoms with Gasteiger partial charge in [-0.05, 0) is 35.0 Å². The molecule has 0 spiro atoms. The van der Waals surface area contributed by atoms with Crippen molar-refractivity contribution in [2.24, 2.45) is 0 Å². The summed E-state index contributed by atoms with van der Waals surface area (Å²) in [5, 5.41) is 1.57. The Labute approximate surface area is 138 Å². The van der Waals surface area contributed by atoms with Crippen molar-refractivity contribution in [3.63, 3.8) is 0 Å². The van der Waals surface area contributed by atoms with E-state index in [4.69, 9.17) is 11.6 Å². The number of anilines is 1. The van der Waals surface area contributed by atoms with Crippen molar-refractivity contribution < 1.29 is 8.42 Å². The molecule has 0 unspecified atom stereocenters. The minimum absolute atomic E-state index is 0.0665. The van der Waals surface area contributed by atoms with Crippen LogP contribution in [0.2, 0.25) is 5.15 Å². The molecular formula is C11H8BrClN4O2S2. The van der Waals surface area contributed by atoms with Crippen molar-refractivity contribution >= 4 is 59.7 Å². The zero-order valence-electron chi connectivity index (χ0n) is 10.5. The van der Waals surface area contributed by atoms with Gasteiger partial charge >= 0.3 is 0 Å². The molecule has 0 aliphatic carbocycles. The molecule has 0 fully saturated rings. The van der Waals surface area contributed by atoms with E-state index in [9.17, 15) is 8.42 Å². The Kier molecular flexibility index (Phi) is 3.68. The number of rotatable bonds is 3. The Morgan fingerprint density at radius 3 is 2.86 bits per heavy atom. The van der Waals surface area contributed by atoms with Crippen LogP contribution in [0.3, 0.4) is 0 Å². The van der Waals surface area contributed by atoms with E-state index in [2.05, 4.69) is 30.6 Å². The van der Waals surface area contributed by atoms with Gasteiger partial charge in [0.05, 0.1) is 5.69 Å². The summed E-state index contributed by atoms with van der Waals surface area (Å²) in [6, 6.07) is 3.28. The van der Waals surface area contributed by atoms with Gasteiger partial charge in [0.2, 0.25) is 0 Å². The Bertz CT molecular complexity index is 935. The standard InChI is InChI=1S/C11H8BrClN4O2S2/c1-6-7(12)2-3-8(14-6)16-21(18,19)10-9(13)15-11-17(10)4-5-20-11/h2-5H,1H3,(H,14,16). The van der Waals surface area contributed by atoms with Crippen molar-refractivity contribution in [2.75, 3.05) is 4.72 Å². The number of halogens is 2. The number of hydrogen-bond acceptors (Lipinski definition) is 5. The maximum absolute atomic E-state index is 12.5. The number of aryl methyl sites for hydroxylation is 1. The Balaban J connectivity index is 2.06. The van der Waals surface area contributed by atoms with Crippen LogP contribution in [0.4, 0.5) is 5.82 Å². The van der Waals surface area contributed by atoms with Gasteiger partial charge in [0.15, 0.2) is 15.1 Å². The molecule has 10 heteroatoms. The smallest absolute Gasteiger partial charge is 0.278 e. The number of hydrogen-bond donors (Lipinski definition) is 1. The second-order valence-corrected chi connectivity index (χ2v) is 7.82. The highest BCUT2D eigenvalue weighted by atomic mass is 79.9. The van der Waals surface area contributed by atoms with Crippen molar-refractivity contribution in [3.05, 3.63) is 39.0 Å². The van der Waals surface area contributed by atoms with Gasteiger partial charge < -0.3 is 0 Å². The molecule has 3 aromatic rings. The summed E-state index contributed by atoms with van der Waals surface area (Å²) in [6.45, 7) is 1.77. The molecule has 0 radical (unpaired) electrons. The van der Waals surface area contributed by atoms with Crippen LogP contribution in [0.15, 0.2) is 33.2 Å². The highest BCUT2D eigenvalue weighted by Crippen LogP contribution is 2.27. The van der Waals surface area contributed by atoms with Gasteiger partial charge in [-0.15, -0.1) is 11.3 Å². The summed E-state index contributed by atoms with van der Waals surface area (Å²) in [5.74, 6) is 0.219. The SMILES string of the molecule is Cc1nc(NS(=O)(=O)c2c(Cl)nc3sccn23)ccc1Br. The number of aromatic nitrogens is 3. The molecule has 0 aliphatic rings. The van der Waals surface area contributed by atoms with Crippen LogP contribution < -0.4 is 4.72 Å². The molecule has 0 aliphatic heterocycles. The van der Waals surface area contributed by atoms with E-state index in [1.165, 1.54) is 15.7 Å². The van der Waals surface area contributed by atoms with Crippen LogP contribution >= 0.6 is 38.9 Å². The fourth-order valence-corrected chi connectivity index (χ4v) is 4.44. The van der Waals surface area contributed by atoms with Gasteiger partial charge in [-0.1, -0.05) is 11.6 Å². The average Bonchev–Trinajstić information content (AvgIpc) is 2.92. The quantitative estimate of drug-likeness (QED) is 0.722. The maximum Gasteiger partial charge on any atom is 0.282 e. The van der Waals surface area contributed by atoms with Gasteiger partial charge in [-0.3, -0.25) is 9.12 Å². The molecular weight excluding hydrogens is 400 g/mol. The van der Waals surface area contributed by atoms with Gasteiger partial charge in [-0.25, -0.2) is 9.97 Å². The van der Waals surface area contributed by atoms with Crippen LogP contribution in [-0.2, 0) is 10.0 Å². The Hall–Kier alpha value is -1.16. The van der Waals surface area contributed by atoms with Crippen LogP contribution in [0.25, 0.3) is 4.96 Å². The summed E-state index contributed by atoms with van der Waals surface area (Å²) in [6.07, 6.45) is 1.60. The number of imidazole rings is 1. The highest BCUT2D eigenvalue weighted by molar-refractivity contribution is 9.10. The Morgan fingerprint density at radius 2 is 2.14 bits per heavy atom. The molecule has 3 heterocycles. The molecule has 0 saturated heterocycles. The lowest BCUT2D eigenvalue weighted by molar-refractivity contribution is 0.596. The first kappa shape index (κ1) is 14.8. The van der Waals surface area contributed by atoms with E-state index in [0.717, 1.165) is 4.47 Å². The van der Waals surface area contributed by atoms with E-state index in [-0.39, 0.29) is 16.0 Å². The third-order valence-corrected chi connectivity index (χ3v) is 6.04. The first-order valence-electron chi connectivity index (χ1n) is 5.65. The first-order valence-corrected chi connectivity index (χ1v) is 9.19. The molecule has 0 atom stereocenters. The van der Waals surface area contributed by atoms with Crippen molar-refractivity contribution in [1.82, 2.24) is 14.4 Å². The number of pyridine rings is 1. The minimum atomic E-state index is -3.88. The summed E-state index contributed by atoms with van der Waals surface area (Å²) in [7, 11) is -3.88. The normalized spacial score (nSPS) is 12.0. The second-order valence-electron chi connectivity index (χ2n) is 4.13. The van der Waals surface area contributed by atoms with E-state index in [0.29, 0.717) is 10.7 Å². The lowest BCUT2D eigenvalue weighted by Gasteiger charge is -2.08. The number of nitrogens with one attached hydrogen (secondary N) is 1. The molecule has 0 aromatic carbocycles. The van der Waals surface area contributed by atoms with E-state index in [1.807, 2.05) is 0 Å². The van der Waals surface area contributed by atoms with Gasteiger partial charge in [-0.2, -0.15) is 8.42 Å². The summed E-state index contributed by atoms with van der Waals surface area (Å²) >= 11 is 10.6. The van der Waals surface area contributed by atoms with Gasteiger partial charge in [0.1, 0.15) is 5.82 Å². The van der Waals surface area contributed by atoms with Crippen LogP contribution in [0.1, 0.15) is 5.69 Å². The summed E-state index contributed by atoms with van der Waals surface area (Å²) in [4.78, 5) is 8.68. The third kappa shape index (κ3) is 2.66. The van der Waals surface area contributed by atoms with Crippen molar-refractivity contribution in [2.45, 2.75) is 11.9 Å². The highest BCUT2D eigenvalue weighted by Gasteiger charge is 2.25. The molecule has 3 aromatic heterocycles. The Morgan fingerprint density at radius 1 is 1.38 bits per heavy atom. The maximum atomic E-state index is 12.5. The van der Waals surface area contributed by atoms with Crippen molar-refractivity contribution in [1.29, 1.82) is 0 Å². The predicted octanol–water partition coefficient (Wildman–Crippen LogP) is 3.32. The number of fused-ring (bicyclic) bond motifs is 1. The minimum Gasteiger partial charge on any atom is -0.278 e. The van der Waals surface area contributed by atoms with Gasteiger partial charge in [0, 0.05) is 16.0 Å². The first-order chi connectivity index (χ1) is 9.88. The zero-order chi connectivity index (χ0) is 15.2. The molecule has 3 rings (SSSR count). The van der Waals surface area contributed by atoms with Gasteiger partial charge in [0.25, 0.3) is 10.0 Å². The monoisotopic (exact) mass is 406 g/mol. The average molecular weight is 408 g/mol. The summed E-state index contributed by atoms with van der Waals surface area (Å²) < 4.78 is 29.6. The van der Waals surface area contributed by atoms with Crippen LogP contribution in [-0.4, -0.2) is 22.8 Å². The molecule has 0 bridgehead atoms. The lowest BCUT2D eigenvalue weighted by atomic mass is 10.4. The van der Waals surface area contributed by atoms with Crippen molar-refractivity contribution in [3.8, 4) is 0 Å². The van der Waals surface area contributed by atoms with Crippen LogP contribution in [0.5, 0.6) is 0 Å². The molecule has 0 amide bonds. The fraction of sp³-hybridized carbons (Fsp3) is 0.0909. The molecule has 21 heavy (non-hydrogen) atoms. The number of sulfonamides is 1. The lowest BCUT2D eigenvalue weighted by Crippen LogP contribution is -2.16. The van der Waals surface area contributed by atoms with E-state index < -0.39 is 10.0 Å². The third-order valence-electron chi connectivity index (χ3n) is 2.69. The van der Waals surface area contributed by atoms with E-state index >= 15 is 0 Å². The zero-order valence-corrected chi connectivity index (χ0v) is 14.5. The second kappa shape index (κ2) is 5.24. The van der Waals surface area contributed by atoms with E-state index in [1.54, 1.807) is 30.6 Å². The molecule has 0 saturated carbocycles. The number of nitrogens with zero attached hydrogens (tertiary/aromatic N) is 3. The largest absolute Gasteiger partial charge is 0.282 e. The molecule has 110 valence electrons. The van der Waals surface area contributed by atoms with Crippen LogP contribution in [0, 0.1) is 6.92 Å². The molecule has 1 N–H and O–H groups in total. The molecule has 6 nitrogen and oxygen atoms in total. The predicted molar refractivity (Wildman–Crippen MR) is 85.6 cm³/mol. The number of thiazole rings is 1.